The molecule has 0 aliphatic rings. The number of nitrogens with two attached hydrogens (primary N) is 1. The topological polar surface area (TPSA) is 98.5 Å². The van der Waals surface area contributed by atoms with E-state index in [9.17, 15) is 26.4 Å². The predicted molar refractivity (Wildman–Crippen MR) is 72.7 cm³/mol. The quantitative estimate of drug-likeness (QED) is 0.865. The fourth-order valence-electron chi connectivity index (χ4n) is 1.50. The van der Waals surface area contributed by atoms with E-state index in [2.05, 4.69) is 5.32 Å². The summed E-state index contributed by atoms with van der Waals surface area (Å²) in [6.07, 6.45) is -5.92. The van der Waals surface area contributed by atoms with Gasteiger partial charge in [-0.25, -0.2) is 18.4 Å². The molecule has 0 atom stereocenters. The van der Waals surface area contributed by atoms with Crippen LogP contribution >= 0.6 is 0 Å². The molecule has 1 amide bonds. The molecule has 0 saturated heterocycles. The van der Waals surface area contributed by atoms with Crippen LogP contribution in [0.1, 0.15) is 26.3 Å². The van der Waals surface area contributed by atoms with Gasteiger partial charge in [-0.2, -0.15) is 13.2 Å². The standard InChI is InChI=1S/C12H15F3N2O4S/c1-11(2,3)21-10(18)17-7-4-5-9(22(16,19)20)8(6-7)12(13,14)15/h4-6H,1-3H3,(H,17,18)(H2,16,19,20). The molecule has 0 aromatic heterocycles. The molecule has 0 spiro atoms. The number of sulfonamides is 1. The van der Waals surface area contributed by atoms with E-state index in [4.69, 9.17) is 9.88 Å². The Labute approximate surface area is 125 Å². The summed E-state index contributed by atoms with van der Waals surface area (Å²) < 4.78 is 66.0. The first-order chi connectivity index (χ1) is 9.70. The van der Waals surface area contributed by atoms with Crippen LogP contribution < -0.4 is 10.5 Å². The van der Waals surface area contributed by atoms with Crippen LogP contribution in [0, 0.1) is 0 Å². The third-order valence-electron chi connectivity index (χ3n) is 2.24. The van der Waals surface area contributed by atoms with Gasteiger partial charge in [-0.15, -0.1) is 0 Å². The summed E-state index contributed by atoms with van der Waals surface area (Å²) in [4.78, 5) is 10.4. The number of halogens is 3. The van der Waals surface area contributed by atoms with E-state index < -0.39 is 38.4 Å². The Hall–Kier alpha value is -1.81. The molecule has 6 nitrogen and oxygen atoms in total. The normalized spacial score (nSPS) is 12.9. The number of hydrogen-bond acceptors (Lipinski definition) is 4. The van der Waals surface area contributed by atoms with Crippen molar-refractivity contribution in [3.63, 3.8) is 0 Å². The summed E-state index contributed by atoms with van der Waals surface area (Å²) in [5, 5.41) is 6.84. The van der Waals surface area contributed by atoms with Gasteiger partial charge in [-0.05, 0) is 39.0 Å². The minimum atomic E-state index is -4.95. The summed E-state index contributed by atoms with van der Waals surface area (Å²) >= 11 is 0. The number of nitrogens with one attached hydrogen (secondary N) is 1. The van der Waals surface area contributed by atoms with Crippen LogP contribution in [0.5, 0.6) is 0 Å². The van der Waals surface area contributed by atoms with E-state index in [-0.39, 0.29) is 5.69 Å². The lowest BCUT2D eigenvalue weighted by atomic mass is 10.2. The van der Waals surface area contributed by atoms with Crippen molar-refractivity contribution < 1.29 is 31.1 Å². The zero-order valence-corrected chi connectivity index (χ0v) is 12.8. The van der Waals surface area contributed by atoms with Crippen molar-refractivity contribution in [1.82, 2.24) is 0 Å². The van der Waals surface area contributed by atoms with Crippen molar-refractivity contribution in [1.29, 1.82) is 0 Å². The predicted octanol–water partition coefficient (Wildman–Crippen LogP) is 2.70. The smallest absolute Gasteiger partial charge is 0.417 e. The third kappa shape index (κ3) is 5.19. The van der Waals surface area contributed by atoms with E-state index in [0.717, 1.165) is 6.07 Å². The van der Waals surface area contributed by atoms with Gasteiger partial charge >= 0.3 is 12.3 Å². The van der Waals surface area contributed by atoms with Gasteiger partial charge in [-0.1, -0.05) is 0 Å². The van der Waals surface area contributed by atoms with Gasteiger partial charge in [0.25, 0.3) is 0 Å². The highest BCUT2D eigenvalue weighted by atomic mass is 32.2. The molecule has 3 N–H and O–H groups in total. The second kappa shape index (κ2) is 5.76. The van der Waals surface area contributed by atoms with Crippen molar-refractivity contribution in [3.8, 4) is 0 Å². The Morgan fingerprint density at radius 3 is 2.18 bits per heavy atom. The first-order valence-electron chi connectivity index (χ1n) is 5.94. The lowest BCUT2D eigenvalue weighted by molar-refractivity contribution is -0.139. The number of anilines is 1. The summed E-state index contributed by atoms with van der Waals surface area (Å²) in [7, 11) is -4.55. The van der Waals surface area contributed by atoms with Crippen molar-refractivity contribution in [2.45, 2.75) is 37.4 Å². The molecule has 124 valence electrons. The summed E-state index contributed by atoms with van der Waals surface area (Å²) in [5.41, 5.74) is -2.57. The molecule has 0 heterocycles. The van der Waals surface area contributed by atoms with E-state index in [1.165, 1.54) is 0 Å². The van der Waals surface area contributed by atoms with E-state index >= 15 is 0 Å². The first-order valence-corrected chi connectivity index (χ1v) is 7.49. The van der Waals surface area contributed by atoms with Gasteiger partial charge in [-0.3, -0.25) is 5.32 Å². The molecule has 1 aromatic rings. The minimum Gasteiger partial charge on any atom is -0.444 e. The van der Waals surface area contributed by atoms with Crippen LogP contribution in [0.25, 0.3) is 0 Å². The van der Waals surface area contributed by atoms with E-state index in [1.807, 2.05) is 0 Å². The third-order valence-corrected chi connectivity index (χ3v) is 3.21. The fraction of sp³-hybridized carbons (Fsp3) is 0.417. The van der Waals surface area contributed by atoms with Crippen LogP contribution in [0.15, 0.2) is 23.1 Å². The van der Waals surface area contributed by atoms with Gasteiger partial charge in [0, 0.05) is 5.69 Å². The number of alkyl halides is 3. The lowest BCUT2D eigenvalue weighted by Gasteiger charge is -2.20. The molecular formula is C12H15F3N2O4S. The van der Waals surface area contributed by atoms with Crippen molar-refractivity contribution in [3.05, 3.63) is 23.8 Å². The Bertz CT molecular complexity index is 679. The first kappa shape index (κ1) is 18.2. The molecular weight excluding hydrogens is 325 g/mol. The maximum absolute atomic E-state index is 12.9. The highest BCUT2D eigenvalue weighted by molar-refractivity contribution is 7.89. The Balaban J connectivity index is 3.19. The number of hydrogen-bond donors (Lipinski definition) is 2. The fourth-order valence-corrected chi connectivity index (χ4v) is 2.24. The van der Waals surface area contributed by atoms with Crippen LogP contribution in [-0.4, -0.2) is 20.1 Å². The SMILES string of the molecule is CC(C)(C)OC(=O)Nc1ccc(S(N)(=O)=O)c(C(F)(F)F)c1. The van der Waals surface area contributed by atoms with Gasteiger partial charge in [0.05, 0.1) is 10.5 Å². The maximum Gasteiger partial charge on any atom is 0.417 e. The number of primary sulfonamides is 1. The van der Waals surface area contributed by atoms with Crippen LogP contribution in [0.4, 0.5) is 23.7 Å². The molecule has 0 unspecified atom stereocenters. The summed E-state index contributed by atoms with van der Waals surface area (Å²) in [6.45, 7) is 4.74. The average molecular weight is 340 g/mol. The zero-order valence-electron chi connectivity index (χ0n) is 12.0. The molecule has 0 fully saturated rings. The molecule has 1 rings (SSSR count). The zero-order chi connectivity index (χ0) is 17.3. The number of ether oxygens (including phenoxy) is 1. The number of rotatable bonds is 2. The largest absolute Gasteiger partial charge is 0.444 e. The lowest BCUT2D eigenvalue weighted by Crippen LogP contribution is -2.27. The maximum atomic E-state index is 12.9. The highest BCUT2D eigenvalue weighted by Crippen LogP contribution is 2.35. The average Bonchev–Trinajstić information content (AvgIpc) is 2.23. The Kier molecular flexibility index (Phi) is 4.78. The summed E-state index contributed by atoms with van der Waals surface area (Å²) in [6, 6.07) is 2.13. The van der Waals surface area contributed by atoms with Crippen molar-refractivity contribution in [2.24, 2.45) is 5.14 Å². The van der Waals surface area contributed by atoms with Gasteiger partial charge < -0.3 is 4.74 Å². The van der Waals surface area contributed by atoms with Crippen molar-refractivity contribution in [2.75, 3.05) is 5.32 Å². The van der Waals surface area contributed by atoms with Crippen molar-refractivity contribution >= 4 is 21.8 Å². The molecule has 0 bridgehead atoms. The number of amides is 1. The van der Waals surface area contributed by atoms with Gasteiger partial charge in [0.15, 0.2) is 0 Å². The van der Waals surface area contributed by atoms with Gasteiger partial charge in [0.1, 0.15) is 5.60 Å². The minimum absolute atomic E-state index is 0.269. The van der Waals surface area contributed by atoms with Crippen LogP contribution in [-0.2, 0) is 20.9 Å². The number of benzene rings is 1. The molecule has 0 aliphatic carbocycles. The number of carbonyl (C=O) groups excluding carboxylic acids is 1. The molecule has 0 aliphatic heterocycles. The molecule has 0 radical (unpaired) electrons. The number of carbonyl (C=O) groups is 1. The van der Waals surface area contributed by atoms with E-state index in [0.29, 0.717) is 12.1 Å². The summed E-state index contributed by atoms with van der Waals surface area (Å²) in [5.74, 6) is 0. The van der Waals surface area contributed by atoms with Gasteiger partial charge in [0.2, 0.25) is 10.0 Å². The Morgan fingerprint density at radius 1 is 1.23 bits per heavy atom. The second-order valence-corrected chi connectivity index (χ2v) is 6.91. The van der Waals surface area contributed by atoms with Crippen LogP contribution in [0.2, 0.25) is 0 Å². The molecule has 0 saturated carbocycles. The Morgan fingerprint density at radius 2 is 1.77 bits per heavy atom. The highest BCUT2D eigenvalue weighted by Gasteiger charge is 2.36. The molecule has 1 aromatic carbocycles. The monoisotopic (exact) mass is 340 g/mol. The molecule has 10 heteroatoms. The molecule has 22 heavy (non-hydrogen) atoms. The second-order valence-electron chi connectivity index (χ2n) is 5.38. The van der Waals surface area contributed by atoms with E-state index in [1.54, 1.807) is 20.8 Å². The van der Waals surface area contributed by atoms with Crippen LogP contribution in [0.3, 0.4) is 0 Å².